The third-order valence-corrected chi connectivity index (χ3v) is 5.51. The number of hydrogen-bond donors (Lipinski definition) is 1. The van der Waals surface area contributed by atoms with Crippen LogP contribution in [0.25, 0.3) is 11.4 Å². The molecule has 0 aliphatic rings. The van der Waals surface area contributed by atoms with Gasteiger partial charge in [-0.3, -0.25) is 4.79 Å². The van der Waals surface area contributed by atoms with Crippen LogP contribution in [0, 0.1) is 0 Å². The van der Waals surface area contributed by atoms with Crippen molar-refractivity contribution in [2.75, 3.05) is 6.26 Å². The number of nitrogens with zero attached hydrogens (tertiary/aromatic N) is 3. The number of alkyl halides is 3. The summed E-state index contributed by atoms with van der Waals surface area (Å²) >= 11 is 5.97. The summed E-state index contributed by atoms with van der Waals surface area (Å²) in [5.74, 6) is -0.862. The van der Waals surface area contributed by atoms with Gasteiger partial charge in [0.05, 0.1) is 17.4 Å². The first-order chi connectivity index (χ1) is 15.6. The Bertz CT molecular complexity index is 1350. The van der Waals surface area contributed by atoms with Gasteiger partial charge in [0.15, 0.2) is 17.2 Å². The first-order valence-corrected chi connectivity index (χ1v) is 11.9. The number of ether oxygens (including phenoxy) is 1. The Hall–Kier alpha value is -3.12. The summed E-state index contributed by atoms with van der Waals surface area (Å²) in [5, 5.41) is 8.13. The highest BCUT2D eigenvalue weighted by Gasteiger charge is 2.36. The van der Waals surface area contributed by atoms with Crippen LogP contribution in [0.4, 0.5) is 13.2 Å². The van der Waals surface area contributed by atoms with Gasteiger partial charge in [0.25, 0.3) is 5.91 Å². The van der Waals surface area contributed by atoms with Crippen LogP contribution in [0.1, 0.15) is 35.6 Å². The van der Waals surface area contributed by atoms with Crippen LogP contribution in [0.2, 0.25) is 5.02 Å². The summed E-state index contributed by atoms with van der Waals surface area (Å²) in [6.07, 6.45) is -3.78. The lowest BCUT2D eigenvalue weighted by molar-refractivity contribution is -0.137. The molecule has 0 radical (unpaired) electrons. The summed E-state index contributed by atoms with van der Waals surface area (Å²) in [6.45, 7) is 3.15. The number of halogens is 4. The van der Waals surface area contributed by atoms with Gasteiger partial charge in [0.2, 0.25) is 10.0 Å². The molecular formula is C21H20ClF3N4O4S. The minimum absolute atomic E-state index is 0.0178. The van der Waals surface area contributed by atoms with Crippen molar-refractivity contribution >= 4 is 27.5 Å². The van der Waals surface area contributed by atoms with Gasteiger partial charge in [-0.15, -0.1) is 10.2 Å². The zero-order valence-corrected chi connectivity index (χ0v) is 20.0. The number of hydrogen-bond acceptors (Lipinski definition) is 6. The summed E-state index contributed by atoms with van der Waals surface area (Å²) < 4.78 is 72.6. The van der Waals surface area contributed by atoms with E-state index in [4.69, 9.17) is 16.3 Å². The third-order valence-electron chi connectivity index (χ3n) is 4.72. The molecule has 0 aliphatic heterocycles. The van der Waals surface area contributed by atoms with E-state index in [-0.39, 0.29) is 33.5 Å². The standard InChI is InChI=1S/C21H20ClF3N4O4S/c1-20(2,33-16-10-9-12(22)11-14(16)18(30)28-34(4,31)32)19-27-26-17(29(19)3)13-7-5-6-8-15(13)21(23,24)25/h5-11H,1-4H3,(H,28,30). The van der Waals surface area contributed by atoms with E-state index in [9.17, 15) is 26.4 Å². The topological polar surface area (TPSA) is 103 Å². The summed E-state index contributed by atoms with van der Waals surface area (Å²) in [5.41, 5.74) is -2.49. The summed E-state index contributed by atoms with van der Waals surface area (Å²) in [7, 11) is -2.38. The van der Waals surface area contributed by atoms with Crippen molar-refractivity contribution in [3.05, 3.63) is 64.4 Å². The third kappa shape index (κ3) is 5.50. The zero-order valence-electron chi connectivity index (χ0n) is 18.4. The smallest absolute Gasteiger partial charge is 0.417 e. The minimum atomic E-state index is -4.60. The molecule has 0 atom stereocenters. The Balaban J connectivity index is 2.02. The van der Waals surface area contributed by atoms with E-state index in [0.29, 0.717) is 0 Å². The predicted molar refractivity (Wildman–Crippen MR) is 119 cm³/mol. The number of amides is 1. The van der Waals surface area contributed by atoms with E-state index in [1.807, 2.05) is 4.72 Å². The monoisotopic (exact) mass is 516 g/mol. The molecule has 3 aromatic rings. The molecular weight excluding hydrogens is 497 g/mol. The Kier molecular flexibility index (Phi) is 6.68. The van der Waals surface area contributed by atoms with Crippen LogP contribution in [0.3, 0.4) is 0 Å². The molecule has 0 aliphatic carbocycles. The van der Waals surface area contributed by atoms with Crippen molar-refractivity contribution in [1.82, 2.24) is 19.5 Å². The van der Waals surface area contributed by atoms with E-state index in [1.165, 1.54) is 48.0 Å². The summed E-state index contributed by atoms with van der Waals surface area (Å²) in [6, 6.07) is 9.02. The van der Waals surface area contributed by atoms with Gasteiger partial charge in [-0.05, 0) is 38.1 Å². The number of carbonyl (C=O) groups is 1. The average molecular weight is 517 g/mol. The van der Waals surface area contributed by atoms with Crippen LogP contribution in [0.15, 0.2) is 42.5 Å². The molecule has 2 aromatic carbocycles. The Morgan fingerprint density at radius 2 is 1.76 bits per heavy atom. The number of nitrogens with one attached hydrogen (secondary N) is 1. The van der Waals surface area contributed by atoms with E-state index in [0.717, 1.165) is 12.3 Å². The maximum Gasteiger partial charge on any atom is 0.417 e. The van der Waals surface area contributed by atoms with Crippen molar-refractivity contribution in [2.45, 2.75) is 25.6 Å². The number of rotatable bonds is 6. The van der Waals surface area contributed by atoms with Gasteiger partial charge < -0.3 is 9.30 Å². The molecule has 0 saturated carbocycles. The molecule has 0 saturated heterocycles. The van der Waals surface area contributed by atoms with Crippen LogP contribution in [-0.2, 0) is 28.8 Å². The number of aromatic nitrogens is 3. The second-order valence-electron chi connectivity index (χ2n) is 7.91. The normalized spacial score (nSPS) is 12.5. The van der Waals surface area contributed by atoms with Gasteiger partial charge >= 0.3 is 6.18 Å². The maximum absolute atomic E-state index is 13.5. The molecule has 1 amide bonds. The van der Waals surface area contributed by atoms with Gasteiger partial charge in [0.1, 0.15) is 5.75 Å². The van der Waals surface area contributed by atoms with Gasteiger partial charge in [-0.2, -0.15) is 13.2 Å². The van der Waals surface area contributed by atoms with Gasteiger partial charge in [-0.1, -0.05) is 29.8 Å². The van der Waals surface area contributed by atoms with Crippen molar-refractivity contribution < 1.29 is 31.1 Å². The van der Waals surface area contributed by atoms with Crippen molar-refractivity contribution in [1.29, 1.82) is 0 Å². The Morgan fingerprint density at radius 1 is 1.12 bits per heavy atom. The molecule has 8 nitrogen and oxygen atoms in total. The fourth-order valence-corrected chi connectivity index (χ4v) is 3.94. The fourth-order valence-electron chi connectivity index (χ4n) is 3.33. The van der Waals surface area contributed by atoms with Gasteiger partial charge in [-0.25, -0.2) is 13.1 Å². The van der Waals surface area contributed by atoms with Crippen LogP contribution in [-0.4, -0.2) is 35.3 Å². The van der Waals surface area contributed by atoms with E-state index >= 15 is 0 Å². The van der Waals surface area contributed by atoms with Crippen LogP contribution >= 0.6 is 11.6 Å². The lowest BCUT2D eigenvalue weighted by Gasteiger charge is -2.27. The van der Waals surface area contributed by atoms with Crippen molar-refractivity contribution in [3.63, 3.8) is 0 Å². The first kappa shape index (κ1) is 25.5. The molecule has 34 heavy (non-hydrogen) atoms. The average Bonchev–Trinajstić information content (AvgIpc) is 3.09. The van der Waals surface area contributed by atoms with Crippen LogP contribution in [0.5, 0.6) is 5.75 Å². The van der Waals surface area contributed by atoms with E-state index in [2.05, 4.69) is 10.2 Å². The number of sulfonamides is 1. The molecule has 0 spiro atoms. The minimum Gasteiger partial charge on any atom is -0.479 e. The molecule has 3 rings (SSSR count). The molecule has 0 bridgehead atoms. The zero-order chi connectivity index (χ0) is 25.5. The van der Waals surface area contributed by atoms with Crippen LogP contribution < -0.4 is 9.46 Å². The second-order valence-corrected chi connectivity index (χ2v) is 10.1. The largest absolute Gasteiger partial charge is 0.479 e. The van der Waals surface area contributed by atoms with Gasteiger partial charge in [0, 0.05) is 17.6 Å². The second kappa shape index (κ2) is 8.91. The lowest BCUT2D eigenvalue weighted by Crippen LogP contribution is -2.32. The molecule has 0 unspecified atom stereocenters. The lowest BCUT2D eigenvalue weighted by atomic mass is 10.1. The summed E-state index contributed by atoms with van der Waals surface area (Å²) in [4.78, 5) is 12.5. The Morgan fingerprint density at radius 3 is 2.38 bits per heavy atom. The first-order valence-electron chi connectivity index (χ1n) is 9.67. The Labute approximate surface area is 198 Å². The number of benzene rings is 2. The quantitative estimate of drug-likeness (QED) is 0.528. The predicted octanol–water partition coefficient (Wildman–Crippen LogP) is 4.16. The molecule has 0 fully saturated rings. The van der Waals surface area contributed by atoms with Crippen molar-refractivity contribution in [2.24, 2.45) is 7.05 Å². The highest BCUT2D eigenvalue weighted by molar-refractivity contribution is 7.89. The highest BCUT2D eigenvalue weighted by Crippen LogP contribution is 2.37. The van der Waals surface area contributed by atoms with E-state index in [1.54, 1.807) is 13.8 Å². The molecule has 13 heteroatoms. The van der Waals surface area contributed by atoms with E-state index < -0.39 is 33.3 Å². The number of carbonyl (C=O) groups excluding carboxylic acids is 1. The molecule has 182 valence electrons. The highest BCUT2D eigenvalue weighted by atomic mass is 35.5. The molecule has 1 aromatic heterocycles. The SMILES string of the molecule is Cn1c(-c2ccccc2C(F)(F)F)nnc1C(C)(C)Oc1ccc(Cl)cc1C(=O)NS(C)(=O)=O. The molecule has 1 N–H and O–H groups in total. The fraction of sp³-hybridized carbons (Fsp3) is 0.286. The molecule has 1 heterocycles. The maximum atomic E-state index is 13.5. The van der Waals surface area contributed by atoms with Crippen molar-refractivity contribution in [3.8, 4) is 17.1 Å².